The van der Waals surface area contributed by atoms with Crippen molar-refractivity contribution in [1.82, 2.24) is 0 Å². The number of carbonyl (C=O) groups is 1. The first kappa shape index (κ1) is 29.8. The van der Waals surface area contributed by atoms with Gasteiger partial charge in [0.1, 0.15) is 29.0 Å². The molecule has 6 rings (SSSR count). The maximum absolute atomic E-state index is 15.2. The van der Waals surface area contributed by atoms with Gasteiger partial charge in [0.2, 0.25) is 0 Å². The zero-order valence-corrected chi connectivity index (χ0v) is 22.4. The Balaban J connectivity index is 1.30. The number of fused-ring (bicyclic) bond motifs is 3. The Morgan fingerprint density at radius 1 is 0.905 bits per heavy atom. The fourth-order valence-corrected chi connectivity index (χ4v) is 5.06. The average molecular weight is 593 g/mol. The SMILES string of the molecule is CCCC12COC(c3ccc(-c4ccc(C(=O)Oc5cc(F)c(CC=CC(F)F)c(F)c5)c(F)c4)c(F)c3)(OC1)OC2. The van der Waals surface area contributed by atoms with E-state index in [1.54, 1.807) is 6.07 Å². The van der Waals surface area contributed by atoms with Crippen LogP contribution in [0, 0.1) is 28.7 Å². The van der Waals surface area contributed by atoms with E-state index in [-0.39, 0.29) is 16.5 Å². The number of rotatable bonds is 9. The van der Waals surface area contributed by atoms with Gasteiger partial charge in [-0.1, -0.05) is 37.6 Å². The van der Waals surface area contributed by atoms with Gasteiger partial charge in [0.15, 0.2) is 0 Å². The fraction of sp³-hybridized carbons (Fsp3) is 0.323. The van der Waals surface area contributed by atoms with Crippen molar-refractivity contribution in [3.05, 3.63) is 101 Å². The van der Waals surface area contributed by atoms with Crippen LogP contribution in [0.1, 0.15) is 41.3 Å². The molecule has 0 unspecified atom stereocenters. The highest BCUT2D eigenvalue weighted by atomic mass is 19.3. The molecule has 0 aromatic heterocycles. The van der Waals surface area contributed by atoms with Gasteiger partial charge in [-0.3, -0.25) is 0 Å². The first-order valence-electron chi connectivity index (χ1n) is 13.2. The highest BCUT2D eigenvalue weighted by Gasteiger charge is 2.53. The molecular formula is C31H26F6O5. The molecule has 3 heterocycles. The summed E-state index contributed by atoms with van der Waals surface area (Å²) in [6.07, 6.45) is -0.0229. The Hall–Kier alpha value is -3.67. The molecule has 11 heteroatoms. The lowest BCUT2D eigenvalue weighted by Crippen LogP contribution is -2.58. The van der Waals surface area contributed by atoms with E-state index in [9.17, 15) is 26.7 Å². The molecule has 0 spiro atoms. The highest BCUT2D eigenvalue weighted by Crippen LogP contribution is 2.46. The van der Waals surface area contributed by atoms with Gasteiger partial charge in [-0.15, -0.1) is 0 Å². The van der Waals surface area contributed by atoms with Crippen molar-refractivity contribution in [2.24, 2.45) is 5.41 Å². The molecular weight excluding hydrogens is 566 g/mol. The normalized spacial score (nSPS) is 21.8. The summed E-state index contributed by atoms with van der Waals surface area (Å²) < 4.78 is 106. The second-order valence-electron chi connectivity index (χ2n) is 10.3. The van der Waals surface area contributed by atoms with Crippen LogP contribution in [0.5, 0.6) is 5.75 Å². The number of hydrogen-bond donors (Lipinski definition) is 0. The minimum Gasteiger partial charge on any atom is -0.423 e. The maximum atomic E-state index is 15.2. The van der Waals surface area contributed by atoms with E-state index < -0.39 is 64.9 Å². The molecule has 0 amide bonds. The smallest absolute Gasteiger partial charge is 0.346 e. The molecule has 3 saturated heterocycles. The molecule has 0 radical (unpaired) electrons. The maximum Gasteiger partial charge on any atom is 0.346 e. The van der Waals surface area contributed by atoms with E-state index >= 15 is 4.39 Å². The molecule has 42 heavy (non-hydrogen) atoms. The minimum absolute atomic E-state index is 0.0292. The van der Waals surface area contributed by atoms with Crippen LogP contribution < -0.4 is 4.74 Å². The zero-order valence-electron chi connectivity index (χ0n) is 22.4. The second-order valence-corrected chi connectivity index (χ2v) is 10.3. The molecule has 3 aromatic rings. The van der Waals surface area contributed by atoms with Gasteiger partial charge in [0.05, 0.1) is 25.4 Å². The monoisotopic (exact) mass is 592 g/mol. The molecule has 2 bridgehead atoms. The number of alkyl halides is 2. The summed E-state index contributed by atoms with van der Waals surface area (Å²) >= 11 is 0. The van der Waals surface area contributed by atoms with Crippen molar-refractivity contribution < 1.29 is 50.1 Å². The molecule has 3 aliphatic rings. The van der Waals surface area contributed by atoms with E-state index in [4.69, 9.17) is 18.9 Å². The van der Waals surface area contributed by atoms with Gasteiger partial charge in [0, 0.05) is 34.2 Å². The molecule has 3 fully saturated rings. The summed E-state index contributed by atoms with van der Waals surface area (Å²) in [4.78, 5) is 12.5. The van der Waals surface area contributed by atoms with E-state index in [2.05, 4.69) is 6.92 Å². The summed E-state index contributed by atoms with van der Waals surface area (Å²) in [6, 6.07) is 8.80. The predicted octanol–water partition coefficient (Wildman–Crippen LogP) is 7.47. The van der Waals surface area contributed by atoms with E-state index in [1.807, 2.05) is 0 Å². The summed E-state index contributed by atoms with van der Waals surface area (Å²) in [5.41, 5.74) is -0.838. The van der Waals surface area contributed by atoms with Crippen LogP contribution in [0.3, 0.4) is 0 Å². The Bertz CT molecular complexity index is 1470. The summed E-state index contributed by atoms with van der Waals surface area (Å²) in [7, 11) is 0. The first-order valence-corrected chi connectivity index (χ1v) is 13.2. The van der Waals surface area contributed by atoms with Crippen LogP contribution in [-0.4, -0.2) is 32.2 Å². The quantitative estimate of drug-likeness (QED) is 0.112. The zero-order chi connectivity index (χ0) is 30.1. The average Bonchev–Trinajstić information content (AvgIpc) is 2.95. The molecule has 3 aliphatic heterocycles. The van der Waals surface area contributed by atoms with Crippen LogP contribution >= 0.6 is 0 Å². The van der Waals surface area contributed by atoms with Crippen LogP contribution in [0.25, 0.3) is 11.1 Å². The largest absolute Gasteiger partial charge is 0.423 e. The lowest BCUT2D eigenvalue weighted by molar-refractivity contribution is -0.480. The van der Waals surface area contributed by atoms with Gasteiger partial charge < -0.3 is 18.9 Å². The van der Waals surface area contributed by atoms with Crippen molar-refractivity contribution in [3.8, 4) is 16.9 Å². The number of carbonyl (C=O) groups excluding carboxylic acids is 1. The molecule has 222 valence electrons. The van der Waals surface area contributed by atoms with Gasteiger partial charge in [0.25, 0.3) is 6.43 Å². The van der Waals surface area contributed by atoms with Crippen molar-refractivity contribution in [3.63, 3.8) is 0 Å². The Morgan fingerprint density at radius 2 is 1.57 bits per heavy atom. The Morgan fingerprint density at radius 3 is 2.14 bits per heavy atom. The van der Waals surface area contributed by atoms with Crippen molar-refractivity contribution in [1.29, 1.82) is 0 Å². The van der Waals surface area contributed by atoms with Gasteiger partial charge in [-0.05, 0) is 42.7 Å². The molecule has 0 aliphatic carbocycles. The van der Waals surface area contributed by atoms with Gasteiger partial charge >= 0.3 is 11.9 Å². The minimum atomic E-state index is -2.78. The number of esters is 1. The van der Waals surface area contributed by atoms with Crippen LogP contribution in [0.2, 0.25) is 0 Å². The molecule has 0 N–H and O–H groups in total. The van der Waals surface area contributed by atoms with Crippen molar-refractivity contribution >= 4 is 5.97 Å². The van der Waals surface area contributed by atoms with Crippen LogP contribution in [0.4, 0.5) is 26.3 Å². The highest BCUT2D eigenvalue weighted by molar-refractivity contribution is 5.92. The fourth-order valence-electron chi connectivity index (χ4n) is 5.06. The number of allylic oxidation sites excluding steroid dienone is 2. The molecule has 0 saturated carbocycles. The van der Waals surface area contributed by atoms with Crippen LogP contribution in [0.15, 0.2) is 60.7 Å². The number of benzene rings is 3. The third kappa shape index (κ3) is 5.95. The number of halogens is 6. The van der Waals surface area contributed by atoms with Gasteiger partial charge in [-0.2, -0.15) is 0 Å². The second kappa shape index (κ2) is 11.9. The molecule has 5 nitrogen and oxygen atoms in total. The lowest BCUT2D eigenvalue weighted by atomic mass is 9.83. The lowest BCUT2D eigenvalue weighted by Gasteiger charge is -2.51. The Kier molecular flexibility index (Phi) is 8.45. The van der Waals surface area contributed by atoms with E-state index in [0.29, 0.717) is 43.6 Å². The predicted molar refractivity (Wildman–Crippen MR) is 139 cm³/mol. The topological polar surface area (TPSA) is 54.0 Å². The molecule has 0 atom stereocenters. The van der Waals surface area contributed by atoms with Crippen LogP contribution in [-0.2, 0) is 26.6 Å². The summed E-state index contributed by atoms with van der Waals surface area (Å²) in [5, 5.41) is 0. The summed E-state index contributed by atoms with van der Waals surface area (Å²) in [6.45, 7) is 3.29. The first-order chi connectivity index (χ1) is 20.0. The van der Waals surface area contributed by atoms with E-state index in [1.165, 1.54) is 18.2 Å². The number of hydrogen-bond acceptors (Lipinski definition) is 5. The third-order valence-corrected chi connectivity index (χ3v) is 7.24. The third-order valence-electron chi connectivity index (χ3n) is 7.24. The van der Waals surface area contributed by atoms with E-state index in [0.717, 1.165) is 31.1 Å². The van der Waals surface area contributed by atoms with Gasteiger partial charge in [-0.25, -0.2) is 31.1 Å². The Labute approximate surface area is 237 Å². The summed E-state index contributed by atoms with van der Waals surface area (Å²) in [5.74, 6) is -7.35. The molecule has 3 aromatic carbocycles. The van der Waals surface area contributed by atoms with Crippen molar-refractivity contribution in [2.75, 3.05) is 19.8 Å². The van der Waals surface area contributed by atoms with Crippen molar-refractivity contribution in [2.45, 2.75) is 38.6 Å². The standard InChI is InChI=1S/C31H26F6O5/c1-2-10-30-15-39-31(40-16-30,41-17-30)19-7-9-21(25(33)12-19)18-6-8-23(24(32)11-18)29(38)42-20-13-26(34)22(27(35)14-20)4-3-5-28(36)37/h3,5-9,11-14,28H,2,4,10,15-17H2,1H3. The number of ether oxygens (including phenoxy) is 4.